The van der Waals surface area contributed by atoms with Crippen LogP contribution in [0.4, 0.5) is 33.2 Å². The van der Waals surface area contributed by atoms with Crippen LogP contribution in [0.1, 0.15) is 51.9 Å². The van der Waals surface area contributed by atoms with Gasteiger partial charge in [-0.05, 0) is 66.3 Å². The standard InChI is InChI=1S/C41H49F3N8O7/c1-23(2)34(48-39(55)58-4)37(53)52-22-24(3)19-32(52)36-46-31-10-6-26-20-25(5-8-30(26)35(31)47-36)29-9-7-27(21-33(29)59-41(42,43)44)45-38(54)50-17-15-49(16-18-50)28-11-13-51(14-12-28)40(56)57/h5-10,20-21,23-24,28,32,34H,11-19,22H2,1-4H3,(H,45,54)(H,46,47)(H,48,55)(H,56,57)/t24-,32-,34-/m0/s1. The number of likely N-dealkylation sites (tertiary alicyclic amines) is 2. The third kappa shape index (κ3) is 9.11. The molecule has 15 nitrogen and oxygen atoms in total. The van der Waals surface area contributed by atoms with Crippen molar-refractivity contribution in [2.45, 2.75) is 64.5 Å². The minimum atomic E-state index is -5.00. The molecule has 0 spiro atoms. The van der Waals surface area contributed by atoms with E-state index in [9.17, 15) is 37.5 Å². The van der Waals surface area contributed by atoms with Crippen LogP contribution in [0, 0.1) is 11.8 Å². The number of nitrogens with one attached hydrogen (secondary N) is 3. The SMILES string of the molecule is COC(=O)N[C@H](C(=O)N1C[C@@H](C)C[C@H]1c1nc2c(ccc3cc(-c4ccc(NC(=O)N5CCN(C6CCN(C(=O)O)CC6)CC5)cc4OC(F)(F)F)ccc32)[nH]1)C(C)C. The second-order valence-electron chi connectivity index (χ2n) is 15.9. The largest absolute Gasteiger partial charge is 0.573 e. The fourth-order valence-corrected chi connectivity index (χ4v) is 8.54. The van der Waals surface area contributed by atoms with Gasteiger partial charge in [0, 0.05) is 74.6 Å². The summed E-state index contributed by atoms with van der Waals surface area (Å²) in [7, 11) is 1.25. The van der Waals surface area contributed by atoms with Gasteiger partial charge in [0.15, 0.2) is 0 Å². The molecular formula is C41H49F3N8O7. The number of hydrogen-bond donors (Lipinski definition) is 4. The van der Waals surface area contributed by atoms with Crippen molar-refractivity contribution in [2.24, 2.45) is 11.8 Å². The van der Waals surface area contributed by atoms with Crippen molar-refractivity contribution < 1.29 is 46.9 Å². The van der Waals surface area contributed by atoms with Crippen molar-refractivity contribution in [3.63, 3.8) is 0 Å². The van der Waals surface area contributed by atoms with Crippen molar-refractivity contribution >= 4 is 51.6 Å². The van der Waals surface area contributed by atoms with Gasteiger partial charge in [0.1, 0.15) is 17.6 Å². The molecule has 18 heteroatoms. The second kappa shape index (κ2) is 16.8. The smallest absolute Gasteiger partial charge is 0.465 e. The molecular weight excluding hydrogens is 773 g/mol. The van der Waals surface area contributed by atoms with Crippen LogP contribution in [0.2, 0.25) is 0 Å². The molecule has 5 amide bonds. The van der Waals surface area contributed by atoms with Gasteiger partial charge in [-0.1, -0.05) is 39.0 Å². The number of nitrogens with zero attached hydrogens (tertiary/aromatic N) is 5. The lowest BCUT2D eigenvalue weighted by molar-refractivity contribution is -0.274. The first-order valence-electron chi connectivity index (χ1n) is 19.8. The first-order valence-corrected chi connectivity index (χ1v) is 19.8. The van der Waals surface area contributed by atoms with E-state index in [0.717, 1.165) is 23.7 Å². The summed E-state index contributed by atoms with van der Waals surface area (Å²) in [6.07, 6.45) is -4.51. The van der Waals surface area contributed by atoms with Gasteiger partial charge in [-0.2, -0.15) is 0 Å². The number of alkyl carbamates (subject to hydrolysis) is 1. The van der Waals surface area contributed by atoms with Crippen LogP contribution in [0.5, 0.6) is 5.75 Å². The topological polar surface area (TPSA) is 173 Å². The van der Waals surface area contributed by atoms with Gasteiger partial charge >= 0.3 is 24.6 Å². The Bertz CT molecular complexity index is 2220. The van der Waals surface area contributed by atoms with E-state index in [4.69, 9.17) is 9.72 Å². The minimum Gasteiger partial charge on any atom is -0.465 e. The number of aromatic nitrogens is 2. The summed E-state index contributed by atoms with van der Waals surface area (Å²) in [5.74, 6) is -0.136. The molecule has 4 aromatic rings. The third-order valence-electron chi connectivity index (χ3n) is 11.6. The van der Waals surface area contributed by atoms with Gasteiger partial charge in [0.05, 0.1) is 24.2 Å². The molecule has 4 N–H and O–H groups in total. The fraction of sp³-hybridized carbons (Fsp3) is 0.488. The summed E-state index contributed by atoms with van der Waals surface area (Å²) in [6.45, 7) is 9.21. The number of hydrogen-bond acceptors (Lipinski definition) is 8. The number of alkyl halides is 3. The molecule has 3 aliphatic heterocycles. The molecule has 3 aliphatic rings. The number of H-pyrrole nitrogens is 1. The molecule has 7 rings (SSSR count). The molecule has 0 saturated carbocycles. The van der Waals surface area contributed by atoms with E-state index in [1.54, 1.807) is 28.0 Å². The summed E-state index contributed by atoms with van der Waals surface area (Å²) in [5, 5.41) is 16.1. The summed E-state index contributed by atoms with van der Waals surface area (Å²) in [5.41, 5.74) is 2.13. The normalized spacial score (nSPS) is 20.0. The molecule has 3 saturated heterocycles. The van der Waals surface area contributed by atoms with E-state index in [1.807, 2.05) is 26.0 Å². The summed E-state index contributed by atoms with van der Waals surface area (Å²) in [4.78, 5) is 65.7. The van der Waals surface area contributed by atoms with E-state index in [1.165, 1.54) is 30.2 Å². The molecule has 0 unspecified atom stereocenters. The average Bonchev–Trinajstić information content (AvgIpc) is 3.82. The molecule has 0 bridgehead atoms. The van der Waals surface area contributed by atoms with Gasteiger partial charge in [0.25, 0.3) is 0 Å². The highest BCUT2D eigenvalue weighted by molar-refractivity contribution is 6.05. The molecule has 3 aromatic carbocycles. The number of piperazine rings is 1. The van der Waals surface area contributed by atoms with Crippen LogP contribution in [0.15, 0.2) is 48.5 Å². The van der Waals surface area contributed by atoms with Crippen LogP contribution in [0.25, 0.3) is 32.9 Å². The van der Waals surface area contributed by atoms with Crippen molar-refractivity contribution in [1.82, 2.24) is 34.9 Å². The monoisotopic (exact) mass is 822 g/mol. The molecule has 3 fully saturated rings. The van der Waals surface area contributed by atoms with Crippen molar-refractivity contribution in [1.29, 1.82) is 0 Å². The second-order valence-corrected chi connectivity index (χ2v) is 15.9. The quantitative estimate of drug-likeness (QED) is 0.148. The minimum absolute atomic E-state index is 0.141. The van der Waals surface area contributed by atoms with Gasteiger partial charge in [-0.25, -0.2) is 19.4 Å². The van der Waals surface area contributed by atoms with Crippen LogP contribution in [-0.4, -0.2) is 130 Å². The first-order chi connectivity index (χ1) is 28.1. The molecule has 316 valence electrons. The molecule has 1 aromatic heterocycles. The highest BCUT2D eigenvalue weighted by atomic mass is 19.4. The number of carboxylic acid groups (broad SMARTS) is 1. The number of aromatic amines is 1. The summed E-state index contributed by atoms with van der Waals surface area (Å²) < 4.78 is 50.6. The number of ether oxygens (including phenoxy) is 2. The Labute approximate surface area is 338 Å². The number of carbonyl (C=O) groups is 4. The van der Waals surface area contributed by atoms with Crippen LogP contribution < -0.4 is 15.4 Å². The molecule has 0 radical (unpaired) electrons. The maximum absolute atomic E-state index is 13.8. The van der Waals surface area contributed by atoms with Crippen LogP contribution >= 0.6 is 0 Å². The fourth-order valence-electron chi connectivity index (χ4n) is 8.54. The number of methoxy groups -OCH3 is 1. The number of fused-ring (bicyclic) bond motifs is 3. The number of anilines is 1. The number of imidazole rings is 1. The number of halogens is 3. The van der Waals surface area contributed by atoms with Crippen molar-refractivity contribution in [3.8, 4) is 16.9 Å². The Hall–Kier alpha value is -5.78. The Kier molecular flexibility index (Phi) is 11.8. The Balaban J connectivity index is 1.08. The van der Waals surface area contributed by atoms with Gasteiger partial charge in [0.2, 0.25) is 5.91 Å². The third-order valence-corrected chi connectivity index (χ3v) is 11.6. The predicted octanol–water partition coefficient (Wildman–Crippen LogP) is 6.86. The lowest BCUT2D eigenvalue weighted by Crippen LogP contribution is -2.55. The number of piperidine rings is 1. The molecule has 0 aliphatic carbocycles. The zero-order chi connectivity index (χ0) is 42.2. The molecule has 4 heterocycles. The van der Waals surface area contributed by atoms with Gasteiger partial charge in [-0.15, -0.1) is 13.2 Å². The van der Waals surface area contributed by atoms with E-state index < -0.39 is 36.4 Å². The summed E-state index contributed by atoms with van der Waals surface area (Å²) >= 11 is 0. The number of rotatable bonds is 8. The predicted molar refractivity (Wildman–Crippen MR) is 213 cm³/mol. The van der Waals surface area contributed by atoms with Crippen LogP contribution in [-0.2, 0) is 9.53 Å². The van der Waals surface area contributed by atoms with E-state index in [0.29, 0.717) is 74.5 Å². The number of carbonyl (C=O) groups excluding carboxylic acids is 3. The maximum Gasteiger partial charge on any atom is 0.573 e. The lowest BCUT2D eigenvalue weighted by Gasteiger charge is -2.42. The summed E-state index contributed by atoms with van der Waals surface area (Å²) in [6, 6.07) is 11.7. The van der Waals surface area contributed by atoms with E-state index in [-0.39, 0.29) is 41.1 Å². The maximum atomic E-state index is 13.8. The zero-order valence-electron chi connectivity index (χ0n) is 33.3. The number of urea groups is 1. The molecule has 59 heavy (non-hydrogen) atoms. The Morgan fingerprint density at radius 2 is 1.68 bits per heavy atom. The highest BCUT2D eigenvalue weighted by Crippen LogP contribution is 2.40. The van der Waals surface area contributed by atoms with E-state index >= 15 is 0 Å². The number of amides is 5. The van der Waals surface area contributed by atoms with Crippen molar-refractivity contribution in [2.75, 3.05) is 58.2 Å². The lowest BCUT2D eigenvalue weighted by atomic mass is 9.99. The highest BCUT2D eigenvalue weighted by Gasteiger charge is 2.40. The molecule has 3 atom stereocenters. The zero-order valence-corrected chi connectivity index (χ0v) is 33.3. The van der Waals surface area contributed by atoms with E-state index in [2.05, 4.69) is 32.2 Å². The Morgan fingerprint density at radius 1 is 0.949 bits per heavy atom. The van der Waals surface area contributed by atoms with Crippen molar-refractivity contribution in [3.05, 3.63) is 54.4 Å². The average molecular weight is 823 g/mol. The van der Waals surface area contributed by atoms with Gasteiger partial charge in [-0.3, -0.25) is 9.69 Å². The number of benzene rings is 3. The Morgan fingerprint density at radius 3 is 2.34 bits per heavy atom. The van der Waals surface area contributed by atoms with Gasteiger partial charge < -0.3 is 44.9 Å². The first kappa shape index (κ1) is 41.4. The van der Waals surface area contributed by atoms with Crippen LogP contribution in [0.3, 0.4) is 0 Å².